The molecule has 2 heterocycles. The summed E-state index contributed by atoms with van der Waals surface area (Å²) in [6.07, 6.45) is 2.61. The van der Waals surface area contributed by atoms with Crippen LogP contribution in [0.4, 0.5) is 5.69 Å². The van der Waals surface area contributed by atoms with Gasteiger partial charge in [0.05, 0.1) is 17.6 Å². The summed E-state index contributed by atoms with van der Waals surface area (Å²) in [6.45, 7) is 1.63. The van der Waals surface area contributed by atoms with Crippen LogP contribution in [0.25, 0.3) is 0 Å². The lowest BCUT2D eigenvalue weighted by Gasteiger charge is -2.27. The number of hydrogen-bond acceptors (Lipinski definition) is 5. The van der Waals surface area contributed by atoms with Crippen molar-refractivity contribution in [1.82, 2.24) is 10.9 Å². The van der Waals surface area contributed by atoms with E-state index in [0.717, 1.165) is 0 Å². The third-order valence-corrected chi connectivity index (χ3v) is 5.97. The molecule has 4 rings (SSSR count). The van der Waals surface area contributed by atoms with Crippen LogP contribution >= 0.6 is 11.6 Å². The average Bonchev–Trinajstić information content (AvgIpc) is 3.32. The first-order valence-corrected chi connectivity index (χ1v) is 10.4. The molecule has 0 spiro atoms. The number of aliphatic carboxylic acids is 1. The van der Waals surface area contributed by atoms with E-state index in [9.17, 15) is 24.3 Å². The lowest BCUT2D eigenvalue weighted by atomic mass is 9.76. The van der Waals surface area contributed by atoms with E-state index in [1.165, 1.54) is 12.1 Å². The van der Waals surface area contributed by atoms with Crippen LogP contribution in [0.3, 0.4) is 0 Å². The molecule has 0 unspecified atom stereocenters. The molecular weight excluding hydrogens is 450 g/mol. The average molecular weight is 470 g/mol. The van der Waals surface area contributed by atoms with E-state index in [2.05, 4.69) is 16.2 Å². The number of halogens is 1. The second kappa shape index (κ2) is 8.68. The van der Waals surface area contributed by atoms with E-state index >= 15 is 0 Å². The molecule has 9 nitrogen and oxygen atoms in total. The van der Waals surface area contributed by atoms with Gasteiger partial charge >= 0.3 is 5.97 Å². The van der Waals surface area contributed by atoms with Gasteiger partial charge in [-0.3, -0.25) is 30.0 Å². The van der Waals surface area contributed by atoms with Gasteiger partial charge in [0.2, 0.25) is 5.91 Å². The maximum atomic E-state index is 12.7. The van der Waals surface area contributed by atoms with E-state index in [0.29, 0.717) is 16.3 Å². The number of benzene rings is 2. The van der Waals surface area contributed by atoms with Crippen molar-refractivity contribution in [3.63, 3.8) is 0 Å². The van der Waals surface area contributed by atoms with Crippen LogP contribution in [-0.2, 0) is 14.3 Å². The predicted octanol–water partition coefficient (Wildman–Crippen LogP) is 2.40. The molecule has 1 saturated heterocycles. The van der Waals surface area contributed by atoms with E-state index < -0.39 is 41.3 Å². The Balaban J connectivity index is 1.35. The van der Waals surface area contributed by atoms with Crippen LogP contribution in [-0.4, -0.2) is 40.5 Å². The van der Waals surface area contributed by atoms with Gasteiger partial charge < -0.3 is 15.2 Å². The molecule has 33 heavy (non-hydrogen) atoms. The van der Waals surface area contributed by atoms with Crippen molar-refractivity contribution >= 4 is 41.0 Å². The van der Waals surface area contributed by atoms with Gasteiger partial charge in [-0.15, -0.1) is 0 Å². The van der Waals surface area contributed by atoms with Gasteiger partial charge in [0, 0.05) is 21.8 Å². The first-order chi connectivity index (χ1) is 15.7. The number of amides is 3. The number of fused-ring (bicyclic) bond motifs is 2. The molecule has 2 aromatic rings. The minimum absolute atomic E-state index is 0.227. The van der Waals surface area contributed by atoms with Crippen molar-refractivity contribution in [1.29, 1.82) is 0 Å². The summed E-state index contributed by atoms with van der Waals surface area (Å²) in [6, 6.07) is 12.4. The number of carboxylic acid groups (broad SMARTS) is 1. The highest BCUT2D eigenvalue weighted by Crippen LogP contribution is 2.47. The van der Waals surface area contributed by atoms with Crippen LogP contribution < -0.4 is 16.2 Å². The zero-order valence-corrected chi connectivity index (χ0v) is 18.1. The quantitative estimate of drug-likeness (QED) is 0.392. The normalized spacial score (nSPS) is 24.8. The number of ether oxygens (including phenoxy) is 1. The second-order valence-corrected chi connectivity index (χ2v) is 8.39. The van der Waals surface area contributed by atoms with E-state index in [4.69, 9.17) is 16.3 Å². The number of carbonyl (C=O) groups excluding carboxylic acids is 3. The van der Waals surface area contributed by atoms with Crippen LogP contribution in [0, 0.1) is 11.8 Å². The fraction of sp³-hybridized carbons (Fsp3) is 0.217. The monoisotopic (exact) mass is 469 g/mol. The third-order valence-electron chi connectivity index (χ3n) is 5.72. The summed E-state index contributed by atoms with van der Waals surface area (Å²) in [5.74, 6) is -4.76. The molecule has 0 aromatic heterocycles. The highest BCUT2D eigenvalue weighted by molar-refractivity contribution is 6.30. The highest BCUT2D eigenvalue weighted by atomic mass is 35.5. The lowest BCUT2D eigenvalue weighted by molar-refractivity contribution is -0.147. The van der Waals surface area contributed by atoms with Crippen LogP contribution in [0.2, 0.25) is 5.02 Å². The maximum absolute atomic E-state index is 12.7. The second-order valence-electron chi connectivity index (χ2n) is 7.95. The third kappa shape index (κ3) is 4.46. The number of hydrazine groups is 1. The van der Waals surface area contributed by atoms with E-state index in [-0.39, 0.29) is 11.5 Å². The SMILES string of the molecule is C[C@@]12C=C[C@@H](O1)[C@@H](C(=O)O)[C@H]2C(=O)NNC(=O)c1ccc(NC(=O)c2ccc(Cl)cc2)cc1. The number of carbonyl (C=O) groups is 4. The summed E-state index contributed by atoms with van der Waals surface area (Å²) in [4.78, 5) is 49.0. The van der Waals surface area contributed by atoms with Crippen molar-refractivity contribution < 1.29 is 29.0 Å². The van der Waals surface area contributed by atoms with Crippen molar-refractivity contribution in [2.24, 2.45) is 11.8 Å². The standard InChI is InChI=1S/C23H20ClN3O6/c1-23-11-10-16(33-23)17(22(31)32)18(23)21(30)27-26-20(29)13-4-8-15(9-5-13)25-19(28)12-2-6-14(24)7-3-12/h2-11,16-18H,1H3,(H,25,28)(H,26,29)(H,27,30)(H,31,32)/t16-,17-,18+,23+/m1/s1. The molecule has 4 N–H and O–H groups in total. The van der Waals surface area contributed by atoms with Gasteiger partial charge in [0.1, 0.15) is 5.92 Å². The number of nitrogens with one attached hydrogen (secondary N) is 3. The smallest absolute Gasteiger partial charge is 0.310 e. The summed E-state index contributed by atoms with van der Waals surface area (Å²) in [5.41, 5.74) is 4.66. The molecule has 2 aliphatic rings. The van der Waals surface area contributed by atoms with Gasteiger partial charge in [-0.25, -0.2) is 0 Å². The zero-order chi connectivity index (χ0) is 23.8. The highest BCUT2D eigenvalue weighted by Gasteiger charge is 2.59. The Labute approximate surface area is 193 Å². The van der Waals surface area contributed by atoms with Gasteiger partial charge in [0.15, 0.2) is 0 Å². The lowest BCUT2D eigenvalue weighted by Crippen LogP contribution is -2.52. The molecule has 170 valence electrons. The van der Waals surface area contributed by atoms with E-state index in [1.807, 2.05) is 0 Å². The van der Waals surface area contributed by atoms with E-state index in [1.54, 1.807) is 55.5 Å². The predicted molar refractivity (Wildman–Crippen MR) is 118 cm³/mol. The number of hydrogen-bond donors (Lipinski definition) is 4. The fourth-order valence-electron chi connectivity index (χ4n) is 4.06. The topological polar surface area (TPSA) is 134 Å². The Kier molecular flexibility index (Phi) is 5.92. The van der Waals surface area contributed by atoms with Crippen LogP contribution in [0.1, 0.15) is 27.6 Å². The van der Waals surface area contributed by atoms with Gasteiger partial charge in [0.25, 0.3) is 11.8 Å². The molecule has 2 aromatic carbocycles. The van der Waals surface area contributed by atoms with Crippen molar-refractivity contribution in [3.8, 4) is 0 Å². The van der Waals surface area contributed by atoms with Crippen molar-refractivity contribution in [2.45, 2.75) is 18.6 Å². The molecule has 0 aliphatic carbocycles. The largest absolute Gasteiger partial charge is 0.481 e. The molecule has 3 amide bonds. The summed E-state index contributed by atoms with van der Waals surface area (Å²) >= 11 is 5.82. The first-order valence-electron chi connectivity index (χ1n) is 10.0. The Morgan fingerprint density at radius 2 is 1.55 bits per heavy atom. The molecule has 2 bridgehead atoms. The molecule has 0 saturated carbocycles. The van der Waals surface area contributed by atoms with Crippen molar-refractivity contribution in [2.75, 3.05) is 5.32 Å². The van der Waals surface area contributed by atoms with Crippen LogP contribution in [0.5, 0.6) is 0 Å². The molecule has 1 fully saturated rings. The van der Waals surface area contributed by atoms with Crippen molar-refractivity contribution in [3.05, 3.63) is 76.8 Å². The molecule has 4 atom stereocenters. The summed E-state index contributed by atoms with van der Waals surface area (Å²) in [7, 11) is 0. The Morgan fingerprint density at radius 1 is 0.939 bits per heavy atom. The number of carboxylic acids is 1. The molecule has 2 aliphatic heterocycles. The number of rotatable bonds is 5. The minimum Gasteiger partial charge on any atom is -0.481 e. The fourth-order valence-corrected chi connectivity index (χ4v) is 4.18. The Morgan fingerprint density at radius 3 is 2.18 bits per heavy atom. The maximum Gasteiger partial charge on any atom is 0.310 e. The summed E-state index contributed by atoms with van der Waals surface area (Å²) < 4.78 is 5.63. The van der Waals surface area contributed by atoms with Gasteiger partial charge in [-0.1, -0.05) is 23.8 Å². The first kappa shape index (κ1) is 22.5. The summed E-state index contributed by atoms with van der Waals surface area (Å²) in [5, 5.41) is 12.7. The minimum atomic E-state index is -1.14. The molecule has 10 heteroatoms. The Hall–Kier alpha value is -3.69. The van der Waals surface area contributed by atoms with Gasteiger partial charge in [-0.05, 0) is 55.5 Å². The molecular formula is C23H20ClN3O6. The van der Waals surface area contributed by atoms with Gasteiger partial charge in [-0.2, -0.15) is 0 Å². The zero-order valence-electron chi connectivity index (χ0n) is 17.4. The molecule has 0 radical (unpaired) electrons. The van der Waals surface area contributed by atoms with Crippen LogP contribution in [0.15, 0.2) is 60.7 Å². The Bertz CT molecular complexity index is 1150. The number of anilines is 1.